The summed E-state index contributed by atoms with van der Waals surface area (Å²) in [5.41, 5.74) is -0.108. The second-order valence-electron chi connectivity index (χ2n) is 4.07. The molecule has 0 N–H and O–H groups in total. The summed E-state index contributed by atoms with van der Waals surface area (Å²) in [6.07, 6.45) is -2.59. The molecule has 0 heterocycles. The Labute approximate surface area is 119 Å². The van der Waals surface area contributed by atoms with Crippen molar-refractivity contribution in [2.24, 2.45) is 0 Å². The molecule has 0 spiro atoms. The van der Waals surface area contributed by atoms with E-state index in [1.54, 1.807) is 23.9 Å². The summed E-state index contributed by atoms with van der Waals surface area (Å²) >= 11 is 1.57. The van der Waals surface area contributed by atoms with E-state index in [0.29, 0.717) is 11.1 Å². The monoisotopic (exact) mass is 293 g/mol. The smallest absolute Gasteiger partial charge is 0.238 e. The highest BCUT2D eigenvalue weighted by atomic mass is 32.2. The van der Waals surface area contributed by atoms with Gasteiger partial charge in [0.2, 0.25) is 0 Å². The molecule has 0 fully saturated rings. The van der Waals surface area contributed by atoms with Crippen LogP contribution in [0.3, 0.4) is 0 Å². The summed E-state index contributed by atoms with van der Waals surface area (Å²) in [6, 6.07) is 11.1. The van der Waals surface area contributed by atoms with Gasteiger partial charge in [-0.1, -0.05) is 30.3 Å². The van der Waals surface area contributed by atoms with E-state index in [1.165, 1.54) is 12.1 Å². The molecule has 0 amide bonds. The van der Waals surface area contributed by atoms with E-state index >= 15 is 0 Å². The fraction of sp³-hybridized carbons (Fsp3) is 0.133. The SMILES string of the molecule is [C-]#[N+]c1ccc(-c2ccc(SC)cc2)cc1C(F)(F)F. The van der Waals surface area contributed by atoms with Gasteiger partial charge < -0.3 is 0 Å². The van der Waals surface area contributed by atoms with E-state index in [9.17, 15) is 13.2 Å². The van der Waals surface area contributed by atoms with E-state index in [-0.39, 0.29) is 5.69 Å². The fourth-order valence-electron chi connectivity index (χ4n) is 1.82. The van der Waals surface area contributed by atoms with Gasteiger partial charge in [0.1, 0.15) is 0 Å². The lowest BCUT2D eigenvalue weighted by Gasteiger charge is -2.11. The van der Waals surface area contributed by atoms with Gasteiger partial charge in [-0.2, -0.15) is 13.2 Å². The molecule has 5 heteroatoms. The van der Waals surface area contributed by atoms with Gasteiger partial charge in [0.15, 0.2) is 5.69 Å². The zero-order valence-electron chi connectivity index (χ0n) is 10.5. The van der Waals surface area contributed by atoms with Crippen molar-refractivity contribution in [2.75, 3.05) is 6.26 Å². The maximum absolute atomic E-state index is 12.9. The molecule has 0 aliphatic carbocycles. The molecule has 0 saturated heterocycles. The molecule has 0 aromatic heterocycles. The number of rotatable bonds is 2. The van der Waals surface area contributed by atoms with Crippen LogP contribution in [0.15, 0.2) is 47.4 Å². The number of benzene rings is 2. The Morgan fingerprint density at radius 2 is 1.60 bits per heavy atom. The Hall–Kier alpha value is -1.93. The fourth-order valence-corrected chi connectivity index (χ4v) is 2.23. The van der Waals surface area contributed by atoms with E-state index in [4.69, 9.17) is 6.57 Å². The molecule has 2 aromatic rings. The van der Waals surface area contributed by atoms with E-state index in [1.807, 2.05) is 18.4 Å². The summed E-state index contributed by atoms with van der Waals surface area (Å²) in [5.74, 6) is 0. The lowest BCUT2D eigenvalue weighted by Crippen LogP contribution is -2.05. The Kier molecular flexibility index (Phi) is 4.05. The number of thioether (sulfide) groups is 1. The minimum absolute atomic E-state index is 0.373. The first-order valence-electron chi connectivity index (χ1n) is 5.69. The molecular weight excluding hydrogens is 283 g/mol. The first-order valence-corrected chi connectivity index (χ1v) is 6.91. The molecule has 0 saturated carbocycles. The van der Waals surface area contributed by atoms with Crippen LogP contribution in [0.1, 0.15) is 5.56 Å². The second kappa shape index (κ2) is 5.59. The van der Waals surface area contributed by atoms with E-state index < -0.39 is 11.7 Å². The Morgan fingerprint density at radius 3 is 2.10 bits per heavy atom. The highest BCUT2D eigenvalue weighted by molar-refractivity contribution is 7.98. The van der Waals surface area contributed by atoms with Crippen molar-refractivity contribution in [1.82, 2.24) is 0 Å². The molecule has 2 rings (SSSR count). The first-order chi connectivity index (χ1) is 9.45. The van der Waals surface area contributed by atoms with Gasteiger partial charge in [0.05, 0.1) is 12.1 Å². The van der Waals surface area contributed by atoms with Crippen LogP contribution in [-0.2, 0) is 6.18 Å². The number of hydrogen-bond donors (Lipinski definition) is 0. The Balaban J connectivity index is 2.50. The van der Waals surface area contributed by atoms with Crippen molar-refractivity contribution < 1.29 is 13.2 Å². The maximum Gasteiger partial charge on any atom is 0.407 e. The van der Waals surface area contributed by atoms with Crippen LogP contribution in [0.25, 0.3) is 16.0 Å². The van der Waals surface area contributed by atoms with Gasteiger partial charge in [0, 0.05) is 4.90 Å². The van der Waals surface area contributed by atoms with Crippen molar-refractivity contribution in [3.8, 4) is 11.1 Å². The molecule has 0 aliphatic heterocycles. The minimum atomic E-state index is -4.52. The standard InChI is InChI=1S/C15H10F3NS/c1-19-14-8-5-11(9-13(14)15(16,17)18)10-3-6-12(20-2)7-4-10/h3-9H,2H3. The van der Waals surface area contributed by atoms with Gasteiger partial charge in [-0.15, -0.1) is 11.8 Å². The predicted molar refractivity (Wildman–Crippen MR) is 74.9 cm³/mol. The Morgan fingerprint density at radius 1 is 1.00 bits per heavy atom. The predicted octanol–water partition coefficient (Wildman–Crippen LogP) is 5.65. The highest BCUT2D eigenvalue weighted by Crippen LogP contribution is 2.39. The minimum Gasteiger partial charge on any atom is -0.238 e. The highest BCUT2D eigenvalue weighted by Gasteiger charge is 2.33. The summed E-state index contributed by atoms with van der Waals surface area (Å²) in [4.78, 5) is 3.97. The van der Waals surface area contributed by atoms with Crippen LogP contribution in [0.2, 0.25) is 0 Å². The molecule has 0 radical (unpaired) electrons. The summed E-state index contributed by atoms with van der Waals surface area (Å²) < 4.78 is 38.7. The average molecular weight is 293 g/mol. The van der Waals surface area contributed by atoms with Gasteiger partial charge in [-0.25, -0.2) is 4.85 Å². The average Bonchev–Trinajstić information content (AvgIpc) is 2.46. The number of alkyl halides is 3. The summed E-state index contributed by atoms with van der Waals surface area (Å²) in [5, 5.41) is 0. The zero-order valence-corrected chi connectivity index (χ0v) is 11.3. The summed E-state index contributed by atoms with van der Waals surface area (Å²) in [6.45, 7) is 6.81. The van der Waals surface area contributed by atoms with Crippen LogP contribution in [0.4, 0.5) is 18.9 Å². The molecule has 2 aromatic carbocycles. The molecule has 102 valence electrons. The molecule has 20 heavy (non-hydrogen) atoms. The van der Waals surface area contributed by atoms with Crippen molar-refractivity contribution in [1.29, 1.82) is 0 Å². The van der Waals surface area contributed by atoms with Crippen molar-refractivity contribution in [3.63, 3.8) is 0 Å². The lowest BCUT2D eigenvalue weighted by molar-refractivity contribution is -0.136. The lowest BCUT2D eigenvalue weighted by atomic mass is 10.0. The van der Waals surface area contributed by atoms with Gasteiger partial charge in [-0.3, -0.25) is 0 Å². The van der Waals surface area contributed by atoms with Gasteiger partial charge in [-0.05, 0) is 29.5 Å². The molecule has 0 atom stereocenters. The molecule has 0 unspecified atom stereocenters. The van der Waals surface area contributed by atoms with Crippen molar-refractivity contribution >= 4 is 17.4 Å². The summed E-state index contributed by atoms with van der Waals surface area (Å²) in [7, 11) is 0. The Bertz CT molecular complexity index is 654. The first kappa shape index (κ1) is 14.5. The topological polar surface area (TPSA) is 4.36 Å². The molecule has 0 aliphatic rings. The quantitative estimate of drug-likeness (QED) is 0.511. The van der Waals surface area contributed by atoms with Crippen molar-refractivity contribution in [2.45, 2.75) is 11.1 Å². The number of halogens is 3. The van der Waals surface area contributed by atoms with Crippen LogP contribution in [0, 0.1) is 6.57 Å². The maximum atomic E-state index is 12.9. The van der Waals surface area contributed by atoms with Crippen LogP contribution >= 0.6 is 11.8 Å². The normalized spacial score (nSPS) is 11.2. The second-order valence-corrected chi connectivity index (χ2v) is 4.95. The van der Waals surface area contributed by atoms with Gasteiger partial charge in [0.25, 0.3) is 0 Å². The number of hydrogen-bond acceptors (Lipinski definition) is 1. The molecule has 1 nitrogen and oxygen atoms in total. The molecule has 0 bridgehead atoms. The third-order valence-electron chi connectivity index (χ3n) is 2.85. The van der Waals surface area contributed by atoms with E-state index in [0.717, 1.165) is 11.0 Å². The molecular formula is C15H10F3NS. The largest absolute Gasteiger partial charge is 0.407 e. The third-order valence-corrected chi connectivity index (χ3v) is 3.59. The van der Waals surface area contributed by atoms with E-state index in [2.05, 4.69) is 4.85 Å². The van der Waals surface area contributed by atoms with Crippen LogP contribution < -0.4 is 0 Å². The third kappa shape index (κ3) is 2.97. The van der Waals surface area contributed by atoms with Crippen molar-refractivity contribution in [3.05, 3.63) is 59.4 Å². The van der Waals surface area contributed by atoms with Crippen LogP contribution in [-0.4, -0.2) is 6.26 Å². The zero-order chi connectivity index (χ0) is 14.8. The van der Waals surface area contributed by atoms with Crippen LogP contribution in [0.5, 0.6) is 0 Å². The van der Waals surface area contributed by atoms with Gasteiger partial charge >= 0.3 is 6.18 Å². The number of nitrogens with zero attached hydrogens (tertiary/aromatic N) is 1.